The normalized spacial score (nSPS) is 20.4. The number of nitrogens with two attached hydrogens (primary N) is 1. The zero-order valence-corrected chi connectivity index (χ0v) is 10.4. The predicted octanol–water partition coefficient (Wildman–Crippen LogP) is 2.56. The van der Waals surface area contributed by atoms with Crippen molar-refractivity contribution in [2.45, 2.75) is 25.8 Å². The van der Waals surface area contributed by atoms with Crippen molar-refractivity contribution in [2.24, 2.45) is 11.7 Å². The fourth-order valence-corrected chi connectivity index (χ4v) is 2.37. The van der Waals surface area contributed by atoms with Crippen LogP contribution in [0.25, 0.3) is 0 Å². The minimum absolute atomic E-state index is 0.0842. The topological polar surface area (TPSA) is 29.3 Å². The summed E-state index contributed by atoms with van der Waals surface area (Å²) in [6.45, 7) is 5.36. The zero-order chi connectivity index (χ0) is 12.3. The van der Waals surface area contributed by atoms with E-state index in [4.69, 9.17) is 5.73 Å². The van der Waals surface area contributed by atoms with Crippen molar-refractivity contribution in [3.05, 3.63) is 35.6 Å². The molecule has 2 rings (SSSR count). The van der Waals surface area contributed by atoms with Crippen LogP contribution in [0, 0.1) is 11.7 Å². The number of halogens is 1. The highest BCUT2D eigenvalue weighted by molar-refractivity contribution is 5.20. The molecule has 17 heavy (non-hydrogen) atoms. The number of rotatable bonds is 3. The lowest BCUT2D eigenvalue weighted by Crippen LogP contribution is -2.38. The van der Waals surface area contributed by atoms with Crippen molar-refractivity contribution in [3.63, 3.8) is 0 Å². The van der Waals surface area contributed by atoms with Gasteiger partial charge in [-0.15, -0.1) is 0 Å². The van der Waals surface area contributed by atoms with Crippen molar-refractivity contribution >= 4 is 0 Å². The molecule has 0 spiro atoms. The van der Waals surface area contributed by atoms with E-state index in [1.807, 2.05) is 6.07 Å². The molecule has 2 nitrogen and oxygen atoms in total. The largest absolute Gasteiger partial charge is 0.323 e. The van der Waals surface area contributed by atoms with Crippen LogP contribution < -0.4 is 5.73 Å². The summed E-state index contributed by atoms with van der Waals surface area (Å²) in [5.74, 6) is 0.627. The van der Waals surface area contributed by atoms with Gasteiger partial charge in [0.25, 0.3) is 0 Å². The summed E-state index contributed by atoms with van der Waals surface area (Å²) in [6.07, 6.45) is 2.49. The predicted molar refractivity (Wildman–Crippen MR) is 68.2 cm³/mol. The summed E-state index contributed by atoms with van der Waals surface area (Å²) in [5, 5.41) is 0. The lowest BCUT2D eigenvalue weighted by molar-refractivity contribution is 0.183. The SMILES string of the molecule is CC1CCN(CC(N)c2cccc(F)c2)CC1. The van der Waals surface area contributed by atoms with Gasteiger partial charge in [-0.25, -0.2) is 4.39 Å². The Morgan fingerprint density at radius 2 is 2.12 bits per heavy atom. The molecule has 1 fully saturated rings. The summed E-state index contributed by atoms with van der Waals surface area (Å²) in [7, 11) is 0. The maximum Gasteiger partial charge on any atom is 0.123 e. The first-order chi connectivity index (χ1) is 8.15. The van der Waals surface area contributed by atoms with Gasteiger partial charge >= 0.3 is 0 Å². The van der Waals surface area contributed by atoms with Crippen molar-refractivity contribution in [2.75, 3.05) is 19.6 Å². The lowest BCUT2D eigenvalue weighted by atomic mass is 9.98. The second kappa shape index (κ2) is 5.61. The first-order valence-corrected chi connectivity index (χ1v) is 6.38. The first-order valence-electron chi connectivity index (χ1n) is 6.38. The lowest BCUT2D eigenvalue weighted by Gasteiger charge is -2.32. The fourth-order valence-electron chi connectivity index (χ4n) is 2.37. The van der Waals surface area contributed by atoms with Crippen LogP contribution in [-0.2, 0) is 0 Å². The van der Waals surface area contributed by atoms with Crippen molar-refractivity contribution in [1.29, 1.82) is 0 Å². The van der Waals surface area contributed by atoms with Gasteiger partial charge in [-0.1, -0.05) is 19.1 Å². The Bertz CT molecular complexity index is 359. The molecule has 94 valence electrons. The Hall–Kier alpha value is -0.930. The third kappa shape index (κ3) is 3.51. The number of piperidine rings is 1. The van der Waals surface area contributed by atoms with E-state index in [0.29, 0.717) is 0 Å². The van der Waals surface area contributed by atoms with E-state index in [1.54, 1.807) is 6.07 Å². The number of benzene rings is 1. The minimum Gasteiger partial charge on any atom is -0.323 e. The zero-order valence-electron chi connectivity index (χ0n) is 10.4. The van der Waals surface area contributed by atoms with Gasteiger partial charge < -0.3 is 10.6 Å². The Morgan fingerprint density at radius 3 is 2.76 bits per heavy atom. The van der Waals surface area contributed by atoms with Gasteiger partial charge in [-0.05, 0) is 49.5 Å². The highest BCUT2D eigenvalue weighted by Gasteiger charge is 2.18. The number of hydrogen-bond donors (Lipinski definition) is 1. The Kier molecular flexibility index (Phi) is 4.13. The molecule has 0 saturated carbocycles. The van der Waals surface area contributed by atoms with Crippen LogP contribution in [0.3, 0.4) is 0 Å². The van der Waals surface area contributed by atoms with E-state index in [9.17, 15) is 4.39 Å². The molecule has 1 heterocycles. The molecule has 1 saturated heterocycles. The molecule has 1 aromatic carbocycles. The summed E-state index contributed by atoms with van der Waals surface area (Å²) < 4.78 is 13.1. The second-order valence-corrected chi connectivity index (χ2v) is 5.14. The molecule has 1 aliphatic heterocycles. The molecular weight excluding hydrogens is 215 g/mol. The van der Waals surface area contributed by atoms with Gasteiger partial charge in [0.2, 0.25) is 0 Å². The highest BCUT2D eigenvalue weighted by Crippen LogP contribution is 2.19. The Labute approximate surface area is 103 Å². The number of hydrogen-bond acceptors (Lipinski definition) is 2. The van der Waals surface area contributed by atoms with E-state index in [0.717, 1.165) is 31.1 Å². The molecule has 2 N–H and O–H groups in total. The van der Waals surface area contributed by atoms with Crippen LogP contribution in [0.2, 0.25) is 0 Å². The van der Waals surface area contributed by atoms with Gasteiger partial charge in [-0.3, -0.25) is 0 Å². The molecule has 0 bridgehead atoms. The molecule has 3 heteroatoms. The molecule has 0 amide bonds. The first kappa shape index (κ1) is 12.5. The van der Waals surface area contributed by atoms with Gasteiger partial charge in [0.15, 0.2) is 0 Å². The smallest absolute Gasteiger partial charge is 0.123 e. The quantitative estimate of drug-likeness (QED) is 0.874. The second-order valence-electron chi connectivity index (χ2n) is 5.14. The van der Waals surface area contributed by atoms with E-state index >= 15 is 0 Å². The third-order valence-electron chi connectivity index (χ3n) is 3.61. The van der Waals surface area contributed by atoms with E-state index in [-0.39, 0.29) is 11.9 Å². The van der Waals surface area contributed by atoms with Gasteiger partial charge in [0.05, 0.1) is 0 Å². The fraction of sp³-hybridized carbons (Fsp3) is 0.571. The maximum atomic E-state index is 13.1. The molecule has 0 aliphatic carbocycles. The molecule has 0 radical (unpaired) electrons. The average Bonchev–Trinajstić information content (AvgIpc) is 2.32. The van der Waals surface area contributed by atoms with Crippen molar-refractivity contribution in [3.8, 4) is 0 Å². The van der Waals surface area contributed by atoms with Crippen LogP contribution in [0.1, 0.15) is 31.4 Å². The number of likely N-dealkylation sites (tertiary alicyclic amines) is 1. The molecule has 1 unspecified atom stereocenters. The van der Waals surface area contributed by atoms with E-state index in [1.165, 1.54) is 25.0 Å². The van der Waals surface area contributed by atoms with Crippen molar-refractivity contribution < 1.29 is 4.39 Å². The van der Waals surface area contributed by atoms with Crippen LogP contribution in [0.15, 0.2) is 24.3 Å². The molecule has 1 aliphatic rings. The number of nitrogens with zero attached hydrogens (tertiary/aromatic N) is 1. The monoisotopic (exact) mass is 236 g/mol. The highest BCUT2D eigenvalue weighted by atomic mass is 19.1. The summed E-state index contributed by atoms with van der Waals surface area (Å²) in [5.41, 5.74) is 7.01. The molecule has 0 aromatic heterocycles. The summed E-state index contributed by atoms with van der Waals surface area (Å²) >= 11 is 0. The standard InChI is InChI=1S/C14H21FN2/c1-11-5-7-17(8-6-11)10-14(16)12-3-2-4-13(15)9-12/h2-4,9,11,14H,5-8,10,16H2,1H3. The Morgan fingerprint density at radius 1 is 1.41 bits per heavy atom. The molecule has 1 aromatic rings. The van der Waals surface area contributed by atoms with E-state index < -0.39 is 0 Å². The van der Waals surface area contributed by atoms with Crippen LogP contribution in [0.5, 0.6) is 0 Å². The Balaban J connectivity index is 1.90. The average molecular weight is 236 g/mol. The maximum absolute atomic E-state index is 13.1. The summed E-state index contributed by atoms with van der Waals surface area (Å²) in [4.78, 5) is 2.38. The van der Waals surface area contributed by atoms with Crippen LogP contribution in [-0.4, -0.2) is 24.5 Å². The van der Waals surface area contributed by atoms with Gasteiger partial charge in [0, 0.05) is 12.6 Å². The van der Waals surface area contributed by atoms with Crippen molar-refractivity contribution in [1.82, 2.24) is 4.90 Å². The summed E-state index contributed by atoms with van der Waals surface area (Å²) in [6, 6.07) is 6.54. The molecule has 1 atom stereocenters. The van der Waals surface area contributed by atoms with E-state index in [2.05, 4.69) is 11.8 Å². The third-order valence-corrected chi connectivity index (χ3v) is 3.61. The van der Waals surface area contributed by atoms with Gasteiger partial charge in [-0.2, -0.15) is 0 Å². The van der Waals surface area contributed by atoms with Crippen LogP contribution >= 0.6 is 0 Å². The molecular formula is C14H21FN2. The van der Waals surface area contributed by atoms with Crippen LogP contribution in [0.4, 0.5) is 4.39 Å². The minimum atomic E-state index is -0.204. The van der Waals surface area contributed by atoms with Gasteiger partial charge in [0.1, 0.15) is 5.82 Å².